The van der Waals surface area contributed by atoms with Gasteiger partial charge in [0, 0.05) is 27.7 Å². The minimum Gasteiger partial charge on any atom is -0.368 e. The molecule has 0 fully saturated rings. The van der Waals surface area contributed by atoms with Crippen molar-refractivity contribution in [2.75, 3.05) is 13.1 Å². The molecule has 1 unspecified atom stereocenters. The summed E-state index contributed by atoms with van der Waals surface area (Å²) in [6.45, 7) is 1.54. The van der Waals surface area contributed by atoms with E-state index in [9.17, 15) is 14.4 Å². The molecular formula is C21H20N4O3. The average molecular weight is 376 g/mol. The van der Waals surface area contributed by atoms with E-state index in [4.69, 9.17) is 5.73 Å². The maximum Gasteiger partial charge on any atom is 0.255 e. The minimum absolute atomic E-state index is 0.162. The van der Waals surface area contributed by atoms with Crippen LogP contribution in [-0.2, 0) is 9.59 Å². The summed E-state index contributed by atoms with van der Waals surface area (Å²) in [5.41, 5.74) is 9.43. The van der Waals surface area contributed by atoms with Crippen LogP contribution in [0.15, 0.2) is 48.5 Å². The molecule has 2 heterocycles. The molecule has 1 atom stereocenters. The van der Waals surface area contributed by atoms with Gasteiger partial charge in [-0.15, -0.1) is 0 Å². The summed E-state index contributed by atoms with van der Waals surface area (Å²) >= 11 is 0. The third-order valence-corrected chi connectivity index (χ3v) is 5.05. The van der Waals surface area contributed by atoms with E-state index in [-0.39, 0.29) is 25.0 Å². The average Bonchev–Trinajstić information content (AvgIpc) is 3.14. The van der Waals surface area contributed by atoms with Crippen molar-refractivity contribution in [3.05, 3.63) is 70.9 Å². The lowest BCUT2D eigenvalue weighted by atomic mass is 9.95. The number of aromatic nitrogens is 1. The maximum atomic E-state index is 13.1. The topological polar surface area (TPSA) is 108 Å². The SMILES string of the molecule is Cc1[nH]c2ccccc2c1C1c2ccccc2C(=O)N1CC(=O)NCC(N)=O. The Bertz CT molecular complexity index is 1100. The van der Waals surface area contributed by atoms with E-state index in [1.807, 2.05) is 49.4 Å². The van der Waals surface area contributed by atoms with E-state index < -0.39 is 11.8 Å². The summed E-state index contributed by atoms with van der Waals surface area (Å²) in [6, 6.07) is 14.9. The van der Waals surface area contributed by atoms with Crippen molar-refractivity contribution in [1.29, 1.82) is 0 Å². The number of primary amides is 1. The molecule has 142 valence electrons. The van der Waals surface area contributed by atoms with Gasteiger partial charge >= 0.3 is 0 Å². The molecule has 1 aromatic heterocycles. The largest absolute Gasteiger partial charge is 0.368 e. The molecule has 7 heteroatoms. The van der Waals surface area contributed by atoms with Crippen LogP contribution in [0.1, 0.15) is 33.2 Å². The first kappa shape index (κ1) is 17.8. The van der Waals surface area contributed by atoms with E-state index in [1.165, 1.54) is 0 Å². The second-order valence-corrected chi connectivity index (χ2v) is 6.88. The van der Waals surface area contributed by atoms with Gasteiger partial charge in [0.15, 0.2) is 0 Å². The molecule has 1 aliphatic heterocycles. The number of fused-ring (bicyclic) bond motifs is 2. The Morgan fingerprint density at radius 1 is 1.14 bits per heavy atom. The first-order chi connectivity index (χ1) is 13.5. The maximum absolute atomic E-state index is 13.1. The predicted molar refractivity (Wildman–Crippen MR) is 105 cm³/mol. The third-order valence-electron chi connectivity index (χ3n) is 5.05. The molecular weight excluding hydrogens is 356 g/mol. The summed E-state index contributed by atoms with van der Waals surface area (Å²) in [7, 11) is 0. The number of hydrogen-bond acceptors (Lipinski definition) is 3. The van der Waals surface area contributed by atoms with Gasteiger partial charge in [-0.25, -0.2) is 0 Å². The monoisotopic (exact) mass is 376 g/mol. The van der Waals surface area contributed by atoms with Crippen LogP contribution in [0.25, 0.3) is 10.9 Å². The van der Waals surface area contributed by atoms with Crippen LogP contribution in [0.3, 0.4) is 0 Å². The number of carbonyl (C=O) groups excluding carboxylic acids is 3. The molecule has 4 N–H and O–H groups in total. The number of H-pyrrole nitrogens is 1. The van der Waals surface area contributed by atoms with Crippen LogP contribution >= 0.6 is 0 Å². The minimum atomic E-state index is -0.631. The molecule has 1 aliphatic rings. The molecule has 2 aromatic carbocycles. The first-order valence-electron chi connectivity index (χ1n) is 8.99. The molecule has 7 nitrogen and oxygen atoms in total. The molecule has 3 amide bonds. The lowest BCUT2D eigenvalue weighted by molar-refractivity contribution is -0.125. The van der Waals surface area contributed by atoms with Crippen molar-refractivity contribution in [3.63, 3.8) is 0 Å². The highest BCUT2D eigenvalue weighted by molar-refractivity contribution is 6.02. The standard InChI is InChI=1S/C21H20N4O3/c1-12-19(15-8-4-5-9-16(15)24-12)20-13-6-2-3-7-14(13)21(28)25(20)11-18(27)23-10-17(22)26/h2-9,20,24H,10-11H2,1H3,(H2,22,26)(H,23,27). The van der Waals surface area contributed by atoms with Gasteiger partial charge in [-0.2, -0.15) is 0 Å². The summed E-state index contributed by atoms with van der Waals surface area (Å²) in [6.07, 6.45) is 0. The number of rotatable bonds is 5. The number of aryl methyl sites for hydroxylation is 1. The number of hydrogen-bond donors (Lipinski definition) is 3. The number of nitrogens with zero attached hydrogens (tertiary/aromatic N) is 1. The molecule has 0 aliphatic carbocycles. The first-order valence-corrected chi connectivity index (χ1v) is 8.99. The second-order valence-electron chi connectivity index (χ2n) is 6.88. The Balaban J connectivity index is 1.79. The van der Waals surface area contributed by atoms with Gasteiger partial charge in [0.2, 0.25) is 11.8 Å². The number of benzene rings is 2. The normalized spacial score (nSPS) is 15.7. The number of nitrogens with one attached hydrogen (secondary N) is 2. The number of nitrogens with two attached hydrogens (primary N) is 1. The summed E-state index contributed by atoms with van der Waals surface area (Å²) < 4.78 is 0. The fraction of sp³-hybridized carbons (Fsp3) is 0.190. The molecule has 4 rings (SSSR count). The molecule has 0 saturated carbocycles. The Kier molecular flexibility index (Phi) is 4.35. The van der Waals surface area contributed by atoms with Crippen molar-refractivity contribution in [2.24, 2.45) is 5.73 Å². The van der Waals surface area contributed by atoms with Crippen molar-refractivity contribution in [3.8, 4) is 0 Å². The molecule has 28 heavy (non-hydrogen) atoms. The zero-order valence-corrected chi connectivity index (χ0v) is 15.4. The van der Waals surface area contributed by atoms with E-state index >= 15 is 0 Å². The van der Waals surface area contributed by atoms with Crippen LogP contribution in [-0.4, -0.2) is 40.7 Å². The number of aromatic amines is 1. The summed E-state index contributed by atoms with van der Waals surface area (Å²) in [5.74, 6) is -1.27. The Morgan fingerprint density at radius 2 is 1.86 bits per heavy atom. The van der Waals surface area contributed by atoms with Gasteiger partial charge in [-0.3, -0.25) is 14.4 Å². The predicted octanol–water partition coefficient (Wildman–Crippen LogP) is 1.62. The third kappa shape index (κ3) is 2.90. The number of amides is 3. The van der Waals surface area contributed by atoms with Crippen molar-refractivity contribution >= 4 is 28.6 Å². The highest BCUT2D eigenvalue weighted by Crippen LogP contribution is 2.42. The van der Waals surface area contributed by atoms with Gasteiger partial charge in [-0.1, -0.05) is 36.4 Å². The van der Waals surface area contributed by atoms with Gasteiger partial charge in [0.25, 0.3) is 5.91 Å². The van der Waals surface area contributed by atoms with Gasteiger partial charge in [0.1, 0.15) is 6.54 Å². The van der Waals surface area contributed by atoms with Gasteiger partial charge in [0.05, 0.1) is 12.6 Å². The zero-order valence-electron chi connectivity index (χ0n) is 15.4. The van der Waals surface area contributed by atoms with E-state index in [0.29, 0.717) is 5.56 Å². The number of carbonyl (C=O) groups is 3. The molecule has 0 saturated heterocycles. The Morgan fingerprint density at radius 3 is 2.64 bits per heavy atom. The highest BCUT2D eigenvalue weighted by atomic mass is 16.2. The summed E-state index contributed by atoms with van der Waals surface area (Å²) in [5, 5.41) is 3.47. The molecule has 0 spiro atoms. The fourth-order valence-electron chi connectivity index (χ4n) is 3.89. The number of para-hydroxylation sites is 1. The molecule has 3 aromatic rings. The van der Waals surface area contributed by atoms with Gasteiger partial charge in [-0.05, 0) is 24.6 Å². The Hall–Kier alpha value is -3.61. The van der Waals surface area contributed by atoms with E-state index in [2.05, 4.69) is 10.3 Å². The highest BCUT2D eigenvalue weighted by Gasteiger charge is 2.40. The van der Waals surface area contributed by atoms with Crippen LogP contribution in [0.4, 0.5) is 0 Å². The van der Waals surface area contributed by atoms with Crippen LogP contribution in [0.2, 0.25) is 0 Å². The Labute approximate surface area is 161 Å². The quantitative estimate of drug-likeness (QED) is 0.630. The zero-order chi connectivity index (χ0) is 19.8. The van der Waals surface area contributed by atoms with Crippen LogP contribution in [0.5, 0.6) is 0 Å². The van der Waals surface area contributed by atoms with Crippen LogP contribution < -0.4 is 11.1 Å². The lowest BCUT2D eigenvalue weighted by Gasteiger charge is -2.25. The lowest BCUT2D eigenvalue weighted by Crippen LogP contribution is -2.42. The van der Waals surface area contributed by atoms with Crippen molar-refractivity contribution in [1.82, 2.24) is 15.2 Å². The smallest absolute Gasteiger partial charge is 0.255 e. The van der Waals surface area contributed by atoms with E-state index in [1.54, 1.807) is 11.0 Å². The molecule has 0 radical (unpaired) electrons. The summed E-state index contributed by atoms with van der Waals surface area (Å²) in [4.78, 5) is 41.3. The van der Waals surface area contributed by atoms with E-state index in [0.717, 1.165) is 27.7 Å². The van der Waals surface area contributed by atoms with Crippen molar-refractivity contribution < 1.29 is 14.4 Å². The second kappa shape index (κ2) is 6.84. The van der Waals surface area contributed by atoms with Gasteiger partial charge < -0.3 is 20.9 Å². The fourth-order valence-corrected chi connectivity index (χ4v) is 3.89. The van der Waals surface area contributed by atoms with Crippen LogP contribution in [0, 0.1) is 6.92 Å². The molecule has 0 bridgehead atoms. The van der Waals surface area contributed by atoms with Crippen molar-refractivity contribution in [2.45, 2.75) is 13.0 Å².